The third kappa shape index (κ3) is 5.16. The molecular formula is C54H32N2S2. The molecule has 0 fully saturated rings. The molecule has 58 heavy (non-hydrogen) atoms. The molecule has 0 radical (unpaired) electrons. The molecule has 0 N–H and O–H groups in total. The van der Waals surface area contributed by atoms with Crippen molar-refractivity contribution in [1.82, 2.24) is 9.97 Å². The fraction of sp³-hybridized carbons (Fsp3) is 0. The summed E-state index contributed by atoms with van der Waals surface area (Å²) in [5.74, 6) is 0.728. The van der Waals surface area contributed by atoms with Crippen LogP contribution in [0.15, 0.2) is 194 Å². The van der Waals surface area contributed by atoms with Crippen molar-refractivity contribution in [1.29, 1.82) is 0 Å². The third-order valence-corrected chi connectivity index (χ3v) is 14.0. The molecule has 2 nitrogen and oxygen atoms in total. The Morgan fingerprint density at radius 2 is 0.707 bits per heavy atom. The molecule has 3 heterocycles. The predicted molar refractivity (Wildman–Crippen MR) is 250 cm³/mol. The lowest BCUT2D eigenvalue weighted by atomic mass is 9.84. The summed E-state index contributed by atoms with van der Waals surface area (Å²) in [5.41, 5.74) is 9.87. The average Bonchev–Trinajstić information content (AvgIpc) is 3.87. The number of hydrogen-bond donors (Lipinski definition) is 0. The minimum absolute atomic E-state index is 0.728. The van der Waals surface area contributed by atoms with Crippen LogP contribution in [0.3, 0.4) is 0 Å². The maximum atomic E-state index is 5.55. The summed E-state index contributed by atoms with van der Waals surface area (Å²) in [7, 11) is 0. The van der Waals surface area contributed by atoms with Crippen molar-refractivity contribution in [3.8, 4) is 56.2 Å². The molecule has 0 aliphatic carbocycles. The van der Waals surface area contributed by atoms with Crippen molar-refractivity contribution in [3.63, 3.8) is 0 Å². The van der Waals surface area contributed by atoms with Gasteiger partial charge in [-0.2, -0.15) is 0 Å². The van der Waals surface area contributed by atoms with Gasteiger partial charge in [0.1, 0.15) is 0 Å². The first kappa shape index (κ1) is 33.2. The van der Waals surface area contributed by atoms with E-state index in [-0.39, 0.29) is 0 Å². The second-order valence-corrected chi connectivity index (χ2v) is 16.9. The monoisotopic (exact) mass is 772 g/mol. The standard InChI is InChI=1S/C54H32N2S2/c1-2-16-33(17-3-1)50-38-22-6-8-24-40(38)51(41-25-9-7-23-39(41)50)37-21-5-4-18-34(37)46-32-47(44-28-14-26-42-35-19-10-12-30-48(35)57-52(42)44)56-54(55-46)45-29-15-27-43-36-20-11-13-31-49(36)58-53(43)45/h1-32H. The Bertz CT molecular complexity index is 3390. The van der Waals surface area contributed by atoms with Crippen molar-refractivity contribution in [2.75, 3.05) is 0 Å². The van der Waals surface area contributed by atoms with E-state index in [1.807, 2.05) is 22.7 Å². The minimum Gasteiger partial charge on any atom is -0.228 e. The van der Waals surface area contributed by atoms with Crippen LogP contribution in [0.25, 0.3) is 118 Å². The van der Waals surface area contributed by atoms with Gasteiger partial charge < -0.3 is 0 Å². The number of benzene rings is 9. The maximum Gasteiger partial charge on any atom is 0.161 e. The first-order valence-electron chi connectivity index (χ1n) is 19.6. The van der Waals surface area contributed by atoms with Crippen LogP contribution in [-0.2, 0) is 0 Å². The number of aromatic nitrogens is 2. The smallest absolute Gasteiger partial charge is 0.161 e. The van der Waals surface area contributed by atoms with Crippen LogP contribution in [0.2, 0.25) is 0 Å². The molecule has 0 aliphatic heterocycles. The largest absolute Gasteiger partial charge is 0.228 e. The molecule has 0 saturated heterocycles. The van der Waals surface area contributed by atoms with E-state index in [0.29, 0.717) is 0 Å². The summed E-state index contributed by atoms with van der Waals surface area (Å²) in [6.45, 7) is 0. The van der Waals surface area contributed by atoms with Gasteiger partial charge in [-0.3, -0.25) is 0 Å². The van der Waals surface area contributed by atoms with E-state index >= 15 is 0 Å². The Balaban J connectivity index is 1.16. The molecule has 0 amide bonds. The van der Waals surface area contributed by atoms with Crippen LogP contribution < -0.4 is 0 Å². The van der Waals surface area contributed by atoms with Gasteiger partial charge in [0.15, 0.2) is 5.82 Å². The van der Waals surface area contributed by atoms with E-state index in [9.17, 15) is 0 Å². The highest BCUT2D eigenvalue weighted by Gasteiger charge is 2.22. The van der Waals surface area contributed by atoms with Crippen LogP contribution in [-0.4, -0.2) is 9.97 Å². The van der Waals surface area contributed by atoms with Crippen molar-refractivity contribution in [2.24, 2.45) is 0 Å². The molecule has 0 bridgehead atoms. The van der Waals surface area contributed by atoms with Gasteiger partial charge in [-0.05, 0) is 68.1 Å². The highest BCUT2D eigenvalue weighted by molar-refractivity contribution is 7.26. The number of hydrogen-bond acceptors (Lipinski definition) is 4. The summed E-state index contributed by atoms with van der Waals surface area (Å²) >= 11 is 3.65. The maximum absolute atomic E-state index is 5.55. The van der Waals surface area contributed by atoms with Crippen LogP contribution in [0, 0.1) is 0 Å². The second-order valence-electron chi connectivity index (χ2n) is 14.8. The first-order chi connectivity index (χ1) is 28.8. The SMILES string of the molecule is c1ccc(-c2c3ccccc3c(-c3ccccc3-c3cc(-c4cccc5c4sc4ccccc45)nc(-c4cccc5c4sc4ccccc45)n3)c3ccccc23)cc1. The van der Waals surface area contributed by atoms with Crippen molar-refractivity contribution in [2.45, 2.75) is 0 Å². The number of rotatable bonds is 5. The summed E-state index contributed by atoms with van der Waals surface area (Å²) in [5, 5.41) is 9.92. The second kappa shape index (κ2) is 13.3. The Morgan fingerprint density at radius 3 is 1.31 bits per heavy atom. The third-order valence-electron chi connectivity index (χ3n) is 11.5. The lowest BCUT2D eigenvalue weighted by molar-refractivity contribution is 1.19. The fourth-order valence-corrected chi connectivity index (χ4v) is 11.4. The summed E-state index contributed by atoms with van der Waals surface area (Å²) in [6.07, 6.45) is 0. The van der Waals surface area contributed by atoms with Crippen LogP contribution in [0.1, 0.15) is 0 Å². The number of nitrogens with zero attached hydrogens (tertiary/aromatic N) is 2. The van der Waals surface area contributed by atoms with Gasteiger partial charge in [-0.25, -0.2) is 9.97 Å². The summed E-state index contributed by atoms with van der Waals surface area (Å²) in [6, 6.07) is 70.1. The number of fused-ring (bicyclic) bond motifs is 8. The molecule has 12 rings (SSSR count). The van der Waals surface area contributed by atoms with Crippen LogP contribution >= 0.6 is 22.7 Å². The molecule has 270 valence electrons. The van der Waals surface area contributed by atoms with Gasteiger partial charge in [0.05, 0.1) is 11.4 Å². The van der Waals surface area contributed by atoms with E-state index < -0.39 is 0 Å². The quantitative estimate of drug-likeness (QED) is 0.163. The molecule has 3 aromatic heterocycles. The first-order valence-corrected chi connectivity index (χ1v) is 21.2. The molecule has 12 aromatic rings. The zero-order valence-electron chi connectivity index (χ0n) is 31.2. The molecule has 4 heteroatoms. The highest BCUT2D eigenvalue weighted by Crippen LogP contribution is 2.47. The number of thiophene rings is 2. The van der Waals surface area contributed by atoms with Gasteiger partial charge in [-0.1, -0.05) is 170 Å². The van der Waals surface area contributed by atoms with Crippen LogP contribution in [0.4, 0.5) is 0 Å². The molecule has 9 aromatic carbocycles. The van der Waals surface area contributed by atoms with Crippen LogP contribution in [0.5, 0.6) is 0 Å². The predicted octanol–water partition coefficient (Wildman–Crippen LogP) is 15.9. The van der Waals surface area contributed by atoms with Gasteiger partial charge >= 0.3 is 0 Å². The van der Waals surface area contributed by atoms with Gasteiger partial charge in [-0.15, -0.1) is 22.7 Å². The fourth-order valence-electron chi connectivity index (χ4n) is 8.97. The Labute approximate surface area is 343 Å². The van der Waals surface area contributed by atoms with E-state index in [1.54, 1.807) is 0 Å². The topological polar surface area (TPSA) is 25.8 Å². The normalized spacial score (nSPS) is 11.8. The molecule has 0 unspecified atom stereocenters. The Hall–Kier alpha value is -6.98. The van der Waals surface area contributed by atoms with Crippen molar-refractivity contribution >= 4 is 84.6 Å². The summed E-state index contributed by atoms with van der Waals surface area (Å²) < 4.78 is 4.98. The van der Waals surface area contributed by atoms with E-state index in [4.69, 9.17) is 9.97 Å². The van der Waals surface area contributed by atoms with Crippen molar-refractivity contribution < 1.29 is 0 Å². The van der Waals surface area contributed by atoms with E-state index in [1.165, 1.54) is 78.6 Å². The Morgan fingerprint density at radius 1 is 0.293 bits per heavy atom. The van der Waals surface area contributed by atoms with Gasteiger partial charge in [0.2, 0.25) is 0 Å². The van der Waals surface area contributed by atoms with Gasteiger partial charge in [0, 0.05) is 57.0 Å². The summed E-state index contributed by atoms with van der Waals surface area (Å²) in [4.78, 5) is 11.0. The molecule has 0 spiro atoms. The lowest BCUT2D eigenvalue weighted by Gasteiger charge is -2.20. The zero-order valence-corrected chi connectivity index (χ0v) is 32.8. The Kier molecular flexibility index (Phi) is 7.62. The molecule has 0 aliphatic rings. The van der Waals surface area contributed by atoms with Crippen molar-refractivity contribution in [3.05, 3.63) is 194 Å². The van der Waals surface area contributed by atoms with Gasteiger partial charge in [0.25, 0.3) is 0 Å². The lowest BCUT2D eigenvalue weighted by Crippen LogP contribution is -1.98. The minimum atomic E-state index is 0.728. The molecule has 0 atom stereocenters. The van der Waals surface area contributed by atoms with E-state index in [0.717, 1.165) is 39.5 Å². The zero-order chi connectivity index (χ0) is 38.2. The highest BCUT2D eigenvalue weighted by atomic mass is 32.1. The average molecular weight is 773 g/mol. The van der Waals surface area contributed by atoms with E-state index in [2.05, 4.69) is 194 Å². The molecular weight excluding hydrogens is 741 g/mol. The molecule has 0 saturated carbocycles.